The minimum atomic E-state index is -0.243. The van der Waals surface area contributed by atoms with Gasteiger partial charge in [0, 0.05) is 24.7 Å². The maximum absolute atomic E-state index is 11.6. The molecule has 0 fully saturated rings. The Morgan fingerprint density at radius 1 is 1.19 bits per heavy atom. The molecule has 1 amide bonds. The third-order valence-corrected chi connectivity index (χ3v) is 2.76. The monoisotopic (exact) mass is 286 g/mol. The Balaban J connectivity index is 2.12. The van der Waals surface area contributed by atoms with E-state index in [1.165, 1.54) is 0 Å². The second-order valence-corrected chi connectivity index (χ2v) is 4.36. The molecule has 2 aromatic rings. The van der Waals surface area contributed by atoms with Crippen molar-refractivity contribution in [2.45, 2.75) is 13.5 Å². The number of aromatic nitrogens is 2. The van der Waals surface area contributed by atoms with Gasteiger partial charge in [0.15, 0.2) is 5.69 Å². The van der Waals surface area contributed by atoms with E-state index < -0.39 is 0 Å². The lowest BCUT2D eigenvalue weighted by Gasteiger charge is -2.09. The normalized spacial score (nSPS) is 10.2. The highest BCUT2D eigenvalue weighted by atomic mass is 16.5. The van der Waals surface area contributed by atoms with E-state index in [1.54, 1.807) is 12.1 Å². The number of hydrogen-bond acceptors (Lipinski definition) is 5. The highest BCUT2D eigenvalue weighted by Gasteiger charge is 2.09. The molecule has 21 heavy (non-hydrogen) atoms. The van der Waals surface area contributed by atoms with Gasteiger partial charge in [-0.05, 0) is 26.1 Å². The third-order valence-electron chi connectivity index (χ3n) is 2.76. The van der Waals surface area contributed by atoms with Crippen molar-refractivity contribution < 1.29 is 9.53 Å². The van der Waals surface area contributed by atoms with E-state index in [9.17, 15) is 4.79 Å². The molecular formula is C15H18N4O2. The SMILES string of the molecule is CCNC(=O)c1ccc(Oc2ccccc2CNC)nn1. The van der Waals surface area contributed by atoms with Crippen LogP contribution in [0.3, 0.4) is 0 Å². The van der Waals surface area contributed by atoms with Gasteiger partial charge in [-0.1, -0.05) is 18.2 Å². The molecule has 0 spiro atoms. The van der Waals surface area contributed by atoms with Gasteiger partial charge in [0.2, 0.25) is 5.88 Å². The standard InChI is InChI=1S/C15H18N4O2/c1-3-17-15(20)12-8-9-14(19-18-12)21-13-7-5-4-6-11(13)10-16-2/h4-9,16H,3,10H2,1-2H3,(H,17,20). The first kappa shape index (κ1) is 14.9. The van der Waals surface area contributed by atoms with Crippen LogP contribution in [-0.4, -0.2) is 29.7 Å². The number of carbonyl (C=O) groups excluding carboxylic acids is 1. The molecule has 110 valence electrons. The van der Waals surface area contributed by atoms with Gasteiger partial charge in [-0.3, -0.25) is 4.79 Å². The van der Waals surface area contributed by atoms with Crippen molar-refractivity contribution in [3.05, 3.63) is 47.7 Å². The van der Waals surface area contributed by atoms with Crippen LogP contribution in [0.4, 0.5) is 0 Å². The largest absolute Gasteiger partial charge is 0.437 e. The van der Waals surface area contributed by atoms with E-state index in [4.69, 9.17) is 4.74 Å². The Hall–Kier alpha value is -2.47. The van der Waals surface area contributed by atoms with Crippen LogP contribution in [0.15, 0.2) is 36.4 Å². The second kappa shape index (κ2) is 7.35. The molecular weight excluding hydrogens is 268 g/mol. The minimum Gasteiger partial charge on any atom is -0.437 e. The van der Waals surface area contributed by atoms with Gasteiger partial charge in [-0.15, -0.1) is 10.2 Å². The fraction of sp³-hybridized carbons (Fsp3) is 0.267. The van der Waals surface area contributed by atoms with Crippen LogP contribution in [0.2, 0.25) is 0 Å². The topological polar surface area (TPSA) is 76.1 Å². The number of ether oxygens (including phenoxy) is 1. The Morgan fingerprint density at radius 2 is 2.00 bits per heavy atom. The van der Waals surface area contributed by atoms with Crippen molar-refractivity contribution in [2.75, 3.05) is 13.6 Å². The lowest BCUT2D eigenvalue weighted by atomic mass is 10.2. The summed E-state index contributed by atoms with van der Waals surface area (Å²) < 4.78 is 5.71. The second-order valence-electron chi connectivity index (χ2n) is 4.36. The molecule has 0 saturated heterocycles. The van der Waals surface area contributed by atoms with Crippen molar-refractivity contribution in [1.29, 1.82) is 0 Å². The van der Waals surface area contributed by atoms with Gasteiger partial charge < -0.3 is 15.4 Å². The van der Waals surface area contributed by atoms with Gasteiger partial charge in [-0.25, -0.2) is 0 Å². The molecule has 6 heteroatoms. The summed E-state index contributed by atoms with van der Waals surface area (Å²) in [6, 6.07) is 10.9. The molecule has 0 aliphatic heterocycles. The van der Waals surface area contributed by atoms with Crippen LogP contribution in [0, 0.1) is 0 Å². The summed E-state index contributed by atoms with van der Waals surface area (Å²) in [4.78, 5) is 11.6. The minimum absolute atomic E-state index is 0.243. The van der Waals surface area contributed by atoms with E-state index in [0.717, 1.165) is 5.56 Å². The van der Waals surface area contributed by atoms with E-state index in [1.807, 2.05) is 38.2 Å². The Bertz CT molecular complexity index is 599. The molecule has 1 heterocycles. The van der Waals surface area contributed by atoms with Crippen LogP contribution >= 0.6 is 0 Å². The van der Waals surface area contributed by atoms with Crippen molar-refractivity contribution in [1.82, 2.24) is 20.8 Å². The highest BCUT2D eigenvalue weighted by molar-refractivity contribution is 5.91. The first-order valence-corrected chi connectivity index (χ1v) is 6.77. The number of carbonyl (C=O) groups is 1. The van der Waals surface area contributed by atoms with Crippen LogP contribution in [0.1, 0.15) is 23.0 Å². The fourth-order valence-electron chi connectivity index (χ4n) is 1.80. The first-order valence-electron chi connectivity index (χ1n) is 6.77. The maximum atomic E-state index is 11.6. The van der Waals surface area contributed by atoms with E-state index in [0.29, 0.717) is 24.7 Å². The molecule has 0 bridgehead atoms. The molecule has 0 saturated carbocycles. The van der Waals surface area contributed by atoms with Crippen molar-refractivity contribution in [2.24, 2.45) is 0 Å². The number of para-hydroxylation sites is 1. The van der Waals surface area contributed by atoms with Crippen LogP contribution in [0.5, 0.6) is 11.6 Å². The first-order chi connectivity index (χ1) is 10.2. The maximum Gasteiger partial charge on any atom is 0.271 e. The number of nitrogens with zero attached hydrogens (tertiary/aromatic N) is 2. The van der Waals surface area contributed by atoms with Crippen molar-refractivity contribution in [3.63, 3.8) is 0 Å². The molecule has 0 aliphatic carbocycles. The zero-order valence-electron chi connectivity index (χ0n) is 12.1. The number of benzene rings is 1. The average Bonchev–Trinajstić information content (AvgIpc) is 2.50. The van der Waals surface area contributed by atoms with E-state index in [-0.39, 0.29) is 11.6 Å². The number of rotatable bonds is 6. The smallest absolute Gasteiger partial charge is 0.271 e. The summed E-state index contributed by atoms with van der Waals surface area (Å²) in [7, 11) is 1.87. The summed E-state index contributed by atoms with van der Waals surface area (Å²) in [5, 5.41) is 13.5. The van der Waals surface area contributed by atoms with Crippen LogP contribution in [-0.2, 0) is 6.54 Å². The number of amides is 1. The lowest BCUT2D eigenvalue weighted by molar-refractivity contribution is 0.0949. The molecule has 0 radical (unpaired) electrons. The van der Waals surface area contributed by atoms with Crippen LogP contribution in [0.25, 0.3) is 0 Å². The third kappa shape index (κ3) is 4.00. The molecule has 1 aromatic carbocycles. The molecule has 0 aliphatic rings. The van der Waals surface area contributed by atoms with Gasteiger partial charge >= 0.3 is 0 Å². The average molecular weight is 286 g/mol. The predicted molar refractivity (Wildman–Crippen MR) is 79.3 cm³/mol. The molecule has 2 rings (SSSR count). The number of nitrogens with one attached hydrogen (secondary N) is 2. The van der Waals surface area contributed by atoms with E-state index in [2.05, 4.69) is 20.8 Å². The summed E-state index contributed by atoms with van der Waals surface area (Å²) in [5.41, 5.74) is 1.29. The van der Waals surface area contributed by atoms with Crippen molar-refractivity contribution >= 4 is 5.91 Å². The zero-order valence-corrected chi connectivity index (χ0v) is 12.1. The summed E-state index contributed by atoms with van der Waals surface area (Å²) in [6.07, 6.45) is 0. The summed E-state index contributed by atoms with van der Waals surface area (Å²) >= 11 is 0. The summed E-state index contributed by atoms with van der Waals surface area (Å²) in [5.74, 6) is 0.825. The fourth-order valence-corrected chi connectivity index (χ4v) is 1.80. The van der Waals surface area contributed by atoms with Gasteiger partial charge in [0.1, 0.15) is 5.75 Å². The van der Waals surface area contributed by atoms with Gasteiger partial charge in [-0.2, -0.15) is 0 Å². The molecule has 0 unspecified atom stereocenters. The Morgan fingerprint density at radius 3 is 2.67 bits per heavy atom. The predicted octanol–water partition coefficient (Wildman–Crippen LogP) is 1.74. The van der Waals surface area contributed by atoms with Crippen molar-refractivity contribution in [3.8, 4) is 11.6 Å². The molecule has 2 N–H and O–H groups in total. The summed E-state index contributed by atoms with van der Waals surface area (Å²) in [6.45, 7) is 3.10. The quantitative estimate of drug-likeness (QED) is 0.846. The number of hydrogen-bond donors (Lipinski definition) is 2. The zero-order chi connectivity index (χ0) is 15.1. The van der Waals surface area contributed by atoms with Crippen LogP contribution < -0.4 is 15.4 Å². The highest BCUT2D eigenvalue weighted by Crippen LogP contribution is 2.23. The molecule has 0 atom stereocenters. The lowest BCUT2D eigenvalue weighted by Crippen LogP contribution is -2.23. The van der Waals surface area contributed by atoms with E-state index >= 15 is 0 Å². The van der Waals surface area contributed by atoms with Gasteiger partial charge in [0.05, 0.1) is 0 Å². The molecule has 1 aromatic heterocycles. The van der Waals surface area contributed by atoms with Gasteiger partial charge in [0.25, 0.3) is 5.91 Å². The Kier molecular flexibility index (Phi) is 5.22. The molecule has 6 nitrogen and oxygen atoms in total. The Labute approximate surface area is 123 Å².